The van der Waals surface area contributed by atoms with Crippen molar-refractivity contribution in [2.24, 2.45) is 11.8 Å². The molecular formula is C75H146O17P2. The maximum absolute atomic E-state index is 13.1. The smallest absolute Gasteiger partial charge is 0.462 e. The fourth-order valence-corrected chi connectivity index (χ4v) is 13.1. The highest BCUT2D eigenvalue weighted by atomic mass is 31.2. The Morgan fingerprint density at radius 3 is 0.723 bits per heavy atom. The Bertz CT molecular complexity index is 1820. The quantitative estimate of drug-likeness (QED) is 0.0222. The van der Waals surface area contributed by atoms with Gasteiger partial charge in [0.05, 0.1) is 26.4 Å². The lowest BCUT2D eigenvalue weighted by atomic mass is 10.0. The third-order valence-electron chi connectivity index (χ3n) is 17.5. The standard InChI is InChI=1S/C75H146O17P2/c1-7-9-11-13-15-17-19-21-22-23-24-25-26-27-28-30-32-41-47-53-59-74(79)91-70(63-85-72(77)57-51-45-39-31-29-20-18-16-14-12-10-8-2)65-89-93(81,82)87-61-69(76)62-88-94(83,84)90-66-71(92-75(80)60-54-48-42-36-34-38-44-50-56-68(5)6)64-86-73(78)58-52-46-40-35-33-37-43-49-55-67(3)4/h67-71,76H,7-66H2,1-6H3,(H,81,82)(H,83,84)/t69-,70-,71-/m1/s1. The summed E-state index contributed by atoms with van der Waals surface area (Å²) in [5.41, 5.74) is 0. The van der Waals surface area contributed by atoms with Gasteiger partial charge in [0.15, 0.2) is 12.2 Å². The number of hydrogen-bond acceptors (Lipinski definition) is 15. The van der Waals surface area contributed by atoms with Gasteiger partial charge in [0.1, 0.15) is 19.3 Å². The molecule has 0 bridgehead atoms. The molecule has 0 saturated carbocycles. The fraction of sp³-hybridized carbons (Fsp3) is 0.947. The molecule has 0 saturated heterocycles. The summed E-state index contributed by atoms with van der Waals surface area (Å²) in [6.45, 7) is 9.51. The summed E-state index contributed by atoms with van der Waals surface area (Å²) in [6, 6.07) is 0. The summed E-state index contributed by atoms with van der Waals surface area (Å²) in [5, 5.41) is 10.6. The second-order valence-corrected chi connectivity index (χ2v) is 30.9. The van der Waals surface area contributed by atoms with Crippen molar-refractivity contribution in [2.75, 3.05) is 39.6 Å². The highest BCUT2D eigenvalue weighted by Crippen LogP contribution is 2.45. The van der Waals surface area contributed by atoms with Gasteiger partial charge in [0.25, 0.3) is 0 Å². The summed E-state index contributed by atoms with van der Waals surface area (Å²) in [5.74, 6) is -0.675. The molecule has 0 aromatic carbocycles. The molecule has 19 heteroatoms. The van der Waals surface area contributed by atoms with Gasteiger partial charge in [-0.15, -0.1) is 0 Å². The molecule has 0 aromatic rings. The number of carbonyl (C=O) groups is 4. The van der Waals surface area contributed by atoms with E-state index in [1.807, 2.05) is 0 Å². The van der Waals surface area contributed by atoms with Gasteiger partial charge in [-0.1, -0.05) is 337 Å². The Morgan fingerprint density at radius 1 is 0.287 bits per heavy atom. The van der Waals surface area contributed by atoms with Crippen LogP contribution in [0, 0.1) is 11.8 Å². The van der Waals surface area contributed by atoms with Crippen LogP contribution in [0.25, 0.3) is 0 Å². The lowest BCUT2D eigenvalue weighted by Gasteiger charge is -2.21. The van der Waals surface area contributed by atoms with E-state index in [2.05, 4.69) is 41.5 Å². The Kier molecular flexibility index (Phi) is 65.5. The Morgan fingerprint density at radius 2 is 0.489 bits per heavy atom. The third-order valence-corrected chi connectivity index (χ3v) is 19.4. The largest absolute Gasteiger partial charge is 0.472 e. The van der Waals surface area contributed by atoms with Crippen LogP contribution in [0.1, 0.15) is 388 Å². The van der Waals surface area contributed by atoms with Gasteiger partial charge < -0.3 is 33.8 Å². The first kappa shape index (κ1) is 92.1. The van der Waals surface area contributed by atoms with Crippen LogP contribution in [-0.4, -0.2) is 96.7 Å². The van der Waals surface area contributed by atoms with Crippen molar-refractivity contribution in [1.82, 2.24) is 0 Å². The number of aliphatic hydroxyl groups is 1. The lowest BCUT2D eigenvalue weighted by Crippen LogP contribution is -2.30. The fourth-order valence-electron chi connectivity index (χ4n) is 11.5. The lowest BCUT2D eigenvalue weighted by molar-refractivity contribution is -0.161. The first-order valence-electron chi connectivity index (χ1n) is 39.0. The van der Waals surface area contributed by atoms with Crippen molar-refractivity contribution in [2.45, 2.75) is 407 Å². The number of unbranched alkanes of at least 4 members (excludes halogenated alkanes) is 44. The zero-order chi connectivity index (χ0) is 69.3. The van der Waals surface area contributed by atoms with Crippen LogP contribution in [0.15, 0.2) is 0 Å². The predicted molar refractivity (Wildman–Crippen MR) is 381 cm³/mol. The Hall–Kier alpha value is -1.94. The topological polar surface area (TPSA) is 237 Å². The summed E-state index contributed by atoms with van der Waals surface area (Å²) in [7, 11) is -9.91. The van der Waals surface area contributed by atoms with Crippen LogP contribution in [0.4, 0.5) is 0 Å². The number of esters is 4. The molecule has 0 spiro atoms. The van der Waals surface area contributed by atoms with E-state index in [0.717, 1.165) is 102 Å². The molecule has 0 heterocycles. The van der Waals surface area contributed by atoms with E-state index in [4.69, 9.17) is 37.0 Å². The highest BCUT2D eigenvalue weighted by Gasteiger charge is 2.30. The van der Waals surface area contributed by atoms with E-state index in [9.17, 15) is 43.2 Å². The summed E-state index contributed by atoms with van der Waals surface area (Å²) < 4.78 is 68.4. The number of phosphoric acid groups is 2. The molecule has 2 unspecified atom stereocenters. The monoisotopic (exact) mass is 1380 g/mol. The molecule has 0 fully saturated rings. The number of hydrogen-bond donors (Lipinski definition) is 3. The van der Waals surface area contributed by atoms with Crippen molar-refractivity contribution in [3.05, 3.63) is 0 Å². The molecule has 0 radical (unpaired) electrons. The maximum Gasteiger partial charge on any atom is 0.472 e. The van der Waals surface area contributed by atoms with Crippen molar-refractivity contribution in [3.63, 3.8) is 0 Å². The van der Waals surface area contributed by atoms with Gasteiger partial charge in [-0.3, -0.25) is 37.3 Å². The molecular weight excluding hydrogens is 1230 g/mol. The average molecular weight is 1380 g/mol. The summed E-state index contributed by atoms with van der Waals surface area (Å²) >= 11 is 0. The number of phosphoric ester groups is 2. The van der Waals surface area contributed by atoms with Gasteiger partial charge >= 0.3 is 39.5 Å². The number of rotatable bonds is 74. The van der Waals surface area contributed by atoms with E-state index < -0.39 is 97.5 Å². The number of aliphatic hydroxyl groups excluding tert-OH is 1. The van der Waals surface area contributed by atoms with E-state index in [1.54, 1.807) is 0 Å². The molecule has 3 N–H and O–H groups in total. The molecule has 0 rings (SSSR count). The van der Waals surface area contributed by atoms with E-state index in [0.29, 0.717) is 25.7 Å². The van der Waals surface area contributed by atoms with Crippen LogP contribution in [-0.2, 0) is 65.4 Å². The average Bonchev–Trinajstić information content (AvgIpc) is 2.21. The first-order valence-corrected chi connectivity index (χ1v) is 42.0. The molecule has 5 atom stereocenters. The number of carbonyl (C=O) groups excluding carboxylic acids is 4. The molecule has 0 aromatic heterocycles. The van der Waals surface area contributed by atoms with Crippen LogP contribution < -0.4 is 0 Å². The van der Waals surface area contributed by atoms with Crippen molar-refractivity contribution >= 4 is 39.5 Å². The van der Waals surface area contributed by atoms with Crippen LogP contribution in [0.2, 0.25) is 0 Å². The summed E-state index contributed by atoms with van der Waals surface area (Å²) in [6.07, 6.45) is 54.3. The zero-order valence-corrected chi connectivity index (χ0v) is 63.1. The second kappa shape index (κ2) is 66.9. The second-order valence-electron chi connectivity index (χ2n) is 28.0. The molecule has 17 nitrogen and oxygen atoms in total. The van der Waals surface area contributed by atoms with Gasteiger partial charge in [-0.2, -0.15) is 0 Å². The SMILES string of the molecule is CCCCCCCCCCCCCCCCCCCCCCC(=O)O[C@H](COC(=O)CCCCCCCCCCCCCC)COP(=O)(O)OC[C@@H](O)COP(=O)(O)OC[C@@H](COC(=O)CCCCCCCCCCC(C)C)OC(=O)CCCCCCCCCCC(C)C. The first-order chi connectivity index (χ1) is 45.4. The molecule has 0 aliphatic heterocycles. The summed E-state index contributed by atoms with van der Waals surface area (Å²) in [4.78, 5) is 72.7. The van der Waals surface area contributed by atoms with Gasteiger partial charge in [0.2, 0.25) is 0 Å². The molecule has 0 aliphatic rings. The van der Waals surface area contributed by atoms with Crippen LogP contribution >= 0.6 is 15.6 Å². The Balaban J connectivity index is 5.20. The predicted octanol–water partition coefficient (Wildman–Crippen LogP) is 21.9. The highest BCUT2D eigenvalue weighted by molar-refractivity contribution is 7.47. The van der Waals surface area contributed by atoms with E-state index >= 15 is 0 Å². The van der Waals surface area contributed by atoms with Crippen molar-refractivity contribution in [1.29, 1.82) is 0 Å². The van der Waals surface area contributed by atoms with Gasteiger partial charge in [0, 0.05) is 25.7 Å². The molecule has 0 aliphatic carbocycles. The van der Waals surface area contributed by atoms with Gasteiger partial charge in [-0.05, 0) is 37.5 Å². The van der Waals surface area contributed by atoms with E-state index in [1.165, 1.54) is 205 Å². The Labute approximate surface area is 575 Å². The van der Waals surface area contributed by atoms with Crippen molar-refractivity contribution in [3.8, 4) is 0 Å². The molecule has 94 heavy (non-hydrogen) atoms. The van der Waals surface area contributed by atoms with Gasteiger partial charge in [-0.25, -0.2) is 9.13 Å². The number of ether oxygens (including phenoxy) is 4. The minimum atomic E-state index is -4.96. The zero-order valence-electron chi connectivity index (χ0n) is 61.3. The van der Waals surface area contributed by atoms with E-state index in [-0.39, 0.29) is 25.7 Å². The minimum Gasteiger partial charge on any atom is -0.462 e. The van der Waals surface area contributed by atoms with Crippen LogP contribution in [0.3, 0.4) is 0 Å². The maximum atomic E-state index is 13.1. The third kappa shape index (κ3) is 68.6. The normalized spacial score (nSPS) is 14.0. The molecule has 0 amide bonds. The minimum absolute atomic E-state index is 0.104. The van der Waals surface area contributed by atoms with Crippen molar-refractivity contribution < 1.29 is 80.2 Å². The molecule has 558 valence electrons. The van der Waals surface area contributed by atoms with Crippen LogP contribution in [0.5, 0.6) is 0 Å².